The first-order valence-corrected chi connectivity index (χ1v) is 22.7. The van der Waals surface area contributed by atoms with E-state index in [0.717, 1.165) is 51.6 Å². The highest BCUT2D eigenvalue weighted by atomic mass is 28.3. The number of pyridine rings is 1. The number of benzene rings is 2. The molecule has 4 aliphatic rings. The van der Waals surface area contributed by atoms with E-state index in [0.29, 0.717) is 58.3 Å². The maximum absolute atomic E-state index is 17.5. The lowest BCUT2D eigenvalue weighted by Gasteiger charge is -2.40. The molecule has 0 radical (unpaired) electrons. The zero-order valence-electron chi connectivity index (χ0n) is 33.7. The van der Waals surface area contributed by atoms with E-state index in [1.165, 1.54) is 17.2 Å². The summed E-state index contributed by atoms with van der Waals surface area (Å²) < 4.78 is 40.1. The number of nitrogens with zero attached hydrogens (tertiary/aromatic N) is 7. The third-order valence-electron chi connectivity index (χ3n) is 13.6. The van der Waals surface area contributed by atoms with Gasteiger partial charge in [-0.3, -0.25) is 14.8 Å². The van der Waals surface area contributed by atoms with Crippen molar-refractivity contribution in [3.05, 3.63) is 53.2 Å². The van der Waals surface area contributed by atoms with Crippen molar-refractivity contribution >= 4 is 41.7 Å². The smallest absolute Gasteiger partial charge is 0.407 e. The highest BCUT2D eigenvalue weighted by Gasteiger charge is 2.46. The van der Waals surface area contributed by atoms with E-state index < -0.39 is 25.8 Å². The van der Waals surface area contributed by atoms with E-state index in [4.69, 9.17) is 19.7 Å². The van der Waals surface area contributed by atoms with Crippen LogP contribution in [-0.4, -0.2) is 94.4 Å². The lowest BCUT2D eigenvalue weighted by atomic mass is 9.94. The number of amides is 1. The molecule has 4 aliphatic heterocycles. The Balaban J connectivity index is 1.30. The van der Waals surface area contributed by atoms with Gasteiger partial charge in [-0.25, -0.2) is 13.6 Å². The highest BCUT2D eigenvalue weighted by molar-refractivity contribution is 6.90. The predicted octanol–water partition coefficient (Wildman–Crippen LogP) is 8.90. The van der Waals surface area contributed by atoms with Gasteiger partial charge in [-0.1, -0.05) is 53.5 Å². The summed E-state index contributed by atoms with van der Waals surface area (Å²) in [6, 6.07) is 7.97. The molecule has 10 nitrogen and oxygen atoms in total. The van der Waals surface area contributed by atoms with Crippen LogP contribution >= 0.6 is 0 Å². The fourth-order valence-electron chi connectivity index (χ4n) is 11.0. The summed E-state index contributed by atoms with van der Waals surface area (Å²) in [6.07, 6.45) is 6.26. The number of anilines is 1. The summed E-state index contributed by atoms with van der Waals surface area (Å²) in [4.78, 5) is 32.5. The standard InChI is InChI=1S/C44H51F2N7O3Si/c1-26(2)57(27(3)4,28(5)6)18-13-33-36(45)12-9-30-19-29(21-47)20-34(37(30)33)39-38(46)40-35(22-48-39)41(51-23-31-10-11-32(24-51)53(31)43(54)55)50-42(49-40)56-25-44-14-7-16-52(44)17-8-15-44/h9,12,19-20,22,26-28,31-32H,7-8,10-11,14-17,23-25H2,1-6H3,(H,54,55)/t31-,32+. The van der Waals surface area contributed by atoms with Crippen molar-refractivity contribution in [1.82, 2.24) is 24.8 Å². The van der Waals surface area contributed by atoms with Crippen LogP contribution in [0.5, 0.6) is 6.01 Å². The van der Waals surface area contributed by atoms with Crippen molar-refractivity contribution in [2.75, 3.05) is 37.7 Å². The van der Waals surface area contributed by atoms with Crippen LogP contribution in [0.4, 0.5) is 19.4 Å². The number of rotatable bonds is 8. The highest BCUT2D eigenvalue weighted by Crippen LogP contribution is 2.43. The molecule has 0 saturated carbocycles. The molecule has 1 amide bonds. The number of ether oxygens (including phenoxy) is 1. The molecule has 0 spiro atoms. The van der Waals surface area contributed by atoms with E-state index in [1.54, 1.807) is 18.2 Å². The first-order valence-electron chi connectivity index (χ1n) is 20.5. The van der Waals surface area contributed by atoms with Crippen LogP contribution in [0.2, 0.25) is 16.6 Å². The molecule has 2 atom stereocenters. The Bertz CT molecular complexity index is 2320. The van der Waals surface area contributed by atoms with Crippen molar-refractivity contribution in [2.24, 2.45) is 0 Å². The van der Waals surface area contributed by atoms with Crippen molar-refractivity contribution < 1.29 is 23.4 Å². The van der Waals surface area contributed by atoms with E-state index in [-0.39, 0.29) is 51.5 Å². The van der Waals surface area contributed by atoms with Gasteiger partial charge in [0.2, 0.25) is 0 Å². The van der Waals surface area contributed by atoms with Gasteiger partial charge in [0.1, 0.15) is 37.5 Å². The van der Waals surface area contributed by atoms with Crippen molar-refractivity contribution in [3.8, 4) is 34.8 Å². The lowest BCUT2D eigenvalue weighted by molar-refractivity contribution is 0.107. The van der Waals surface area contributed by atoms with Crippen LogP contribution in [0.15, 0.2) is 30.5 Å². The van der Waals surface area contributed by atoms with Gasteiger partial charge in [-0.2, -0.15) is 15.2 Å². The van der Waals surface area contributed by atoms with E-state index >= 15 is 8.78 Å². The van der Waals surface area contributed by atoms with E-state index in [9.17, 15) is 15.2 Å². The molecule has 6 heterocycles. The number of carboxylic acid groups (broad SMARTS) is 1. The van der Waals surface area contributed by atoms with Crippen LogP contribution in [0.3, 0.4) is 0 Å². The monoisotopic (exact) mass is 791 g/mol. The third kappa shape index (κ3) is 6.47. The van der Waals surface area contributed by atoms with Crippen molar-refractivity contribution in [3.63, 3.8) is 0 Å². The molecule has 2 aromatic heterocycles. The molecule has 1 N–H and O–H groups in total. The molecule has 2 aromatic carbocycles. The summed E-state index contributed by atoms with van der Waals surface area (Å²) >= 11 is 0. The van der Waals surface area contributed by atoms with Gasteiger partial charge < -0.3 is 14.7 Å². The summed E-state index contributed by atoms with van der Waals surface area (Å²) in [6.45, 7) is 16.4. The van der Waals surface area contributed by atoms with E-state index in [1.807, 2.05) is 4.90 Å². The molecule has 4 saturated heterocycles. The Morgan fingerprint density at radius 3 is 2.30 bits per heavy atom. The zero-order valence-corrected chi connectivity index (χ0v) is 34.7. The molecule has 4 fully saturated rings. The van der Waals surface area contributed by atoms with Gasteiger partial charge in [0.05, 0.1) is 40.2 Å². The van der Waals surface area contributed by atoms with Gasteiger partial charge >= 0.3 is 12.1 Å². The molecular formula is C44H51F2N7O3Si. The van der Waals surface area contributed by atoms with Gasteiger partial charge in [0.25, 0.3) is 0 Å². The topological polar surface area (TPSA) is 119 Å². The summed E-state index contributed by atoms with van der Waals surface area (Å²) in [5.74, 6) is 2.46. The molecule has 2 bridgehead atoms. The van der Waals surface area contributed by atoms with Crippen LogP contribution in [0, 0.1) is 34.4 Å². The maximum atomic E-state index is 17.5. The number of hydrogen-bond acceptors (Lipinski definition) is 8. The largest absolute Gasteiger partial charge is 0.465 e. The second-order valence-corrected chi connectivity index (χ2v) is 23.1. The van der Waals surface area contributed by atoms with Crippen molar-refractivity contribution in [1.29, 1.82) is 5.26 Å². The van der Waals surface area contributed by atoms with Crippen LogP contribution in [-0.2, 0) is 0 Å². The predicted molar refractivity (Wildman–Crippen MR) is 220 cm³/mol. The molecule has 298 valence electrons. The van der Waals surface area contributed by atoms with Gasteiger partial charge in [0, 0.05) is 30.2 Å². The Labute approximate surface area is 334 Å². The number of hydrogen-bond donors (Lipinski definition) is 1. The van der Waals surface area contributed by atoms with Crippen LogP contribution in [0.25, 0.3) is 32.9 Å². The molecule has 0 aliphatic carbocycles. The Morgan fingerprint density at radius 2 is 1.68 bits per heavy atom. The summed E-state index contributed by atoms with van der Waals surface area (Å²) in [5.41, 5.74) is 5.06. The number of carbonyl (C=O) groups is 1. The normalized spacial score (nSPS) is 20.5. The van der Waals surface area contributed by atoms with Gasteiger partial charge in [0.15, 0.2) is 5.82 Å². The average molecular weight is 792 g/mol. The quantitative estimate of drug-likeness (QED) is 0.138. The SMILES string of the molecule is CC(C)[Si](C#Cc1c(F)ccc2cc(C#N)cc(-c3ncc4c(N5C[C@H]6CC[C@@H](C5)N6C(=O)O)nc(OCC56CCCN5CCC6)nc4c3F)c12)(C(C)C)C(C)C. The number of halogens is 2. The molecule has 8 rings (SSSR count). The molecular weight excluding hydrogens is 741 g/mol. The Morgan fingerprint density at radius 1 is 1.02 bits per heavy atom. The number of aromatic nitrogens is 3. The Hall–Kier alpha value is -4.85. The van der Waals surface area contributed by atoms with Crippen molar-refractivity contribution in [2.45, 2.75) is 114 Å². The second-order valence-electron chi connectivity index (χ2n) is 17.5. The molecule has 0 unspecified atom stereocenters. The number of nitriles is 1. The first kappa shape index (κ1) is 39.0. The minimum atomic E-state index is -2.30. The zero-order chi connectivity index (χ0) is 40.4. The number of piperazine rings is 1. The van der Waals surface area contributed by atoms with Crippen LogP contribution in [0.1, 0.15) is 91.2 Å². The molecule has 13 heteroatoms. The van der Waals surface area contributed by atoms with Crippen LogP contribution < -0.4 is 9.64 Å². The first-order chi connectivity index (χ1) is 27.3. The van der Waals surface area contributed by atoms with E-state index in [2.05, 4.69) is 64.0 Å². The summed E-state index contributed by atoms with van der Waals surface area (Å²) in [5, 5.41) is 21.4. The fraction of sp³-hybridized carbons (Fsp3) is 0.523. The third-order valence-corrected chi connectivity index (χ3v) is 19.9. The minimum absolute atomic E-state index is 0.00870. The average Bonchev–Trinajstić information content (AvgIpc) is 3.84. The molecule has 57 heavy (non-hydrogen) atoms. The second kappa shape index (κ2) is 14.8. The summed E-state index contributed by atoms with van der Waals surface area (Å²) in [7, 11) is -2.30. The van der Waals surface area contributed by atoms with Gasteiger partial charge in [-0.05, 0) is 91.8 Å². The lowest BCUT2D eigenvalue weighted by Crippen LogP contribution is -2.55. The number of fused-ring (bicyclic) bond motifs is 5. The minimum Gasteiger partial charge on any atom is -0.465 e. The Kier molecular flexibility index (Phi) is 10.1. The van der Waals surface area contributed by atoms with Gasteiger partial charge in [-0.15, -0.1) is 5.54 Å². The molecule has 4 aromatic rings. The fourth-order valence-corrected chi connectivity index (χ4v) is 16.2. The maximum Gasteiger partial charge on any atom is 0.407 e.